The van der Waals surface area contributed by atoms with Gasteiger partial charge >= 0.3 is 0 Å². The SMILES string of the molecule is O=C(Cc1ccc(Cl)cc1)NC1CCN(c2ccccn2)CC1. The number of rotatable bonds is 4. The van der Waals surface area contributed by atoms with E-state index in [0.29, 0.717) is 11.4 Å². The number of carbonyl (C=O) groups excluding carboxylic acids is 1. The summed E-state index contributed by atoms with van der Waals surface area (Å²) in [4.78, 5) is 18.8. The van der Waals surface area contributed by atoms with Crippen molar-refractivity contribution < 1.29 is 4.79 Å². The van der Waals surface area contributed by atoms with Crippen LogP contribution in [0.5, 0.6) is 0 Å². The van der Waals surface area contributed by atoms with Crippen molar-refractivity contribution in [2.75, 3.05) is 18.0 Å². The number of halogens is 1. The molecule has 0 aliphatic carbocycles. The third-order valence-corrected chi connectivity index (χ3v) is 4.36. The van der Waals surface area contributed by atoms with Crippen LogP contribution in [0.4, 0.5) is 5.82 Å². The smallest absolute Gasteiger partial charge is 0.224 e. The topological polar surface area (TPSA) is 45.2 Å². The van der Waals surface area contributed by atoms with Crippen LogP contribution in [0.3, 0.4) is 0 Å². The van der Waals surface area contributed by atoms with Crippen molar-refractivity contribution in [3.05, 3.63) is 59.2 Å². The highest BCUT2D eigenvalue weighted by atomic mass is 35.5. The van der Waals surface area contributed by atoms with Gasteiger partial charge in [-0.2, -0.15) is 0 Å². The van der Waals surface area contributed by atoms with Crippen LogP contribution in [-0.4, -0.2) is 30.0 Å². The monoisotopic (exact) mass is 329 g/mol. The molecule has 1 aromatic heterocycles. The Morgan fingerprint density at radius 1 is 1.17 bits per heavy atom. The van der Waals surface area contributed by atoms with Gasteiger partial charge in [-0.15, -0.1) is 0 Å². The first-order valence-corrected chi connectivity index (χ1v) is 8.28. The van der Waals surface area contributed by atoms with Gasteiger partial charge < -0.3 is 10.2 Å². The molecule has 5 heteroatoms. The molecule has 1 saturated heterocycles. The largest absolute Gasteiger partial charge is 0.356 e. The Hall–Kier alpha value is -2.07. The minimum atomic E-state index is 0.0728. The Morgan fingerprint density at radius 2 is 1.91 bits per heavy atom. The molecular formula is C18H20ClN3O. The maximum Gasteiger partial charge on any atom is 0.224 e. The molecule has 1 aromatic carbocycles. The van der Waals surface area contributed by atoms with Crippen molar-refractivity contribution in [1.82, 2.24) is 10.3 Å². The predicted molar refractivity (Wildman–Crippen MR) is 92.8 cm³/mol. The Kier molecular flexibility index (Phi) is 5.13. The lowest BCUT2D eigenvalue weighted by atomic mass is 10.0. The van der Waals surface area contributed by atoms with Crippen LogP contribution in [0.25, 0.3) is 0 Å². The number of piperidine rings is 1. The van der Waals surface area contributed by atoms with E-state index < -0.39 is 0 Å². The van der Waals surface area contributed by atoms with Gasteiger partial charge in [0.25, 0.3) is 0 Å². The number of aromatic nitrogens is 1. The first kappa shape index (κ1) is 15.8. The molecule has 0 radical (unpaired) electrons. The fourth-order valence-corrected chi connectivity index (χ4v) is 2.99. The molecule has 23 heavy (non-hydrogen) atoms. The molecule has 1 fully saturated rings. The van der Waals surface area contributed by atoms with Crippen LogP contribution in [0.2, 0.25) is 5.02 Å². The highest BCUT2D eigenvalue weighted by Gasteiger charge is 2.21. The molecule has 1 N–H and O–H groups in total. The van der Waals surface area contributed by atoms with E-state index in [0.717, 1.165) is 37.3 Å². The molecule has 0 unspecified atom stereocenters. The summed E-state index contributed by atoms with van der Waals surface area (Å²) in [7, 11) is 0. The number of nitrogens with one attached hydrogen (secondary N) is 1. The van der Waals surface area contributed by atoms with Crippen LogP contribution in [0, 0.1) is 0 Å². The van der Waals surface area contributed by atoms with Crippen LogP contribution in [0.1, 0.15) is 18.4 Å². The Balaban J connectivity index is 1.47. The quantitative estimate of drug-likeness (QED) is 0.937. The summed E-state index contributed by atoms with van der Waals surface area (Å²) in [5.41, 5.74) is 0.984. The fraction of sp³-hybridized carbons (Fsp3) is 0.333. The first-order valence-electron chi connectivity index (χ1n) is 7.90. The van der Waals surface area contributed by atoms with Gasteiger partial charge in [0.15, 0.2) is 0 Å². The second kappa shape index (κ2) is 7.47. The Bertz CT molecular complexity index is 637. The molecule has 120 valence electrons. The van der Waals surface area contributed by atoms with Crippen molar-refractivity contribution in [3.8, 4) is 0 Å². The number of anilines is 1. The summed E-state index contributed by atoms with van der Waals surface area (Å²) in [6.45, 7) is 1.84. The fourth-order valence-electron chi connectivity index (χ4n) is 2.86. The third-order valence-electron chi connectivity index (χ3n) is 4.11. The third kappa shape index (κ3) is 4.45. The number of benzene rings is 1. The van der Waals surface area contributed by atoms with Crippen LogP contribution in [-0.2, 0) is 11.2 Å². The average Bonchev–Trinajstić information content (AvgIpc) is 2.58. The maximum absolute atomic E-state index is 12.1. The van der Waals surface area contributed by atoms with E-state index in [9.17, 15) is 4.79 Å². The lowest BCUT2D eigenvalue weighted by Gasteiger charge is -2.33. The van der Waals surface area contributed by atoms with Crippen molar-refractivity contribution >= 4 is 23.3 Å². The summed E-state index contributed by atoms with van der Waals surface area (Å²) in [6.07, 6.45) is 4.11. The predicted octanol–water partition coefficient (Wildman–Crippen LogP) is 3.06. The molecule has 0 saturated carbocycles. The van der Waals surface area contributed by atoms with E-state index in [1.807, 2.05) is 48.7 Å². The molecule has 0 atom stereocenters. The molecular weight excluding hydrogens is 310 g/mol. The second-order valence-electron chi connectivity index (χ2n) is 5.82. The normalized spacial score (nSPS) is 15.4. The highest BCUT2D eigenvalue weighted by Crippen LogP contribution is 2.17. The molecule has 2 heterocycles. The van der Waals surface area contributed by atoms with E-state index in [1.54, 1.807) is 0 Å². The number of hydrogen-bond acceptors (Lipinski definition) is 3. The number of amides is 1. The van der Waals surface area contributed by atoms with Gasteiger partial charge in [0, 0.05) is 30.4 Å². The van der Waals surface area contributed by atoms with Gasteiger partial charge in [0.05, 0.1) is 6.42 Å². The summed E-state index contributed by atoms with van der Waals surface area (Å²) >= 11 is 5.86. The molecule has 2 aromatic rings. The van der Waals surface area contributed by atoms with E-state index in [-0.39, 0.29) is 11.9 Å². The van der Waals surface area contributed by atoms with Crippen LogP contribution >= 0.6 is 11.6 Å². The number of nitrogens with zero attached hydrogens (tertiary/aromatic N) is 2. The molecule has 1 amide bonds. The van der Waals surface area contributed by atoms with Crippen molar-refractivity contribution in [2.45, 2.75) is 25.3 Å². The second-order valence-corrected chi connectivity index (χ2v) is 6.26. The van der Waals surface area contributed by atoms with E-state index in [4.69, 9.17) is 11.6 Å². The van der Waals surface area contributed by atoms with Gasteiger partial charge in [-0.25, -0.2) is 4.98 Å². The Morgan fingerprint density at radius 3 is 2.57 bits per heavy atom. The maximum atomic E-state index is 12.1. The number of pyridine rings is 1. The molecule has 1 aliphatic heterocycles. The molecule has 3 rings (SSSR count). The van der Waals surface area contributed by atoms with Crippen molar-refractivity contribution in [3.63, 3.8) is 0 Å². The standard InChI is InChI=1S/C18H20ClN3O/c19-15-6-4-14(5-7-15)13-18(23)21-16-8-11-22(12-9-16)17-3-1-2-10-20-17/h1-7,10,16H,8-9,11-13H2,(H,21,23). The zero-order valence-corrected chi connectivity index (χ0v) is 13.7. The lowest BCUT2D eigenvalue weighted by molar-refractivity contribution is -0.121. The van der Waals surface area contributed by atoms with Gasteiger partial charge in [0.1, 0.15) is 5.82 Å². The minimum Gasteiger partial charge on any atom is -0.356 e. The van der Waals surface area contributed by atoms with E-state index >= 15 is 0 Å². The zero-order chi connectivity index (χ0) is 16.1. The summed E-state index contributed by atoms with van der Waals surface area (Å²) in [6, 6.07) is 13.6. The van der Waals surface area contributed by atoms with Crippen molar-refractivity contribution in [2.24, 2.45) is 0 Å². The van der Waals surface area contributed by atoms with Gasteiger partial charge in [0.2, 0.25) is 5.91 Å². The molecule has 0 spiro atoms. The summed E-state index contributed by atoms with van der Waals surface area (Å²) in [5, 5.41) is 3.83. The van der Waals surface area contributed by atoms with Gasteiger partial charge in [-0.3, -0.25) is 4.79 Å². The van der Waals surface area contributed by atoms with Crippen LogP contribution < -0.4 is 10.2 Å². The number of carbonyl (C=O) groups is 1. The Labute approximate surface area is 141 Å². The summed E-state index contributed by atoms with van der Waals surface area (Å²) < 4.78 is 0. The van der Waals surface area contributed by atoms with E-state index in [1.165, 1.54) is 0 Å². The minimum absolute atomic E-state index is 0.0728. The van der Waals surface area contributed by atoms with Crippen LogP contribution in [0.15, 0.2) is 48.7 Å². The van der Waals surface area contributed by atoms with Crippen molar-refractivity contribution in [1.29, 1.82) is 0 Å². The number of hydrogen-bond donors (Lipinski definition) is 1. The van der Waals surface area contributed by atoms with Gasteiger partial charge in [-0.1, -0.05) is 29.8 Å². The zero-order valence-electron chi connectivity index (χ0n) is 12.9. The molecule has 1 aliphatic rings. The molecule has 4 nitrogen and oxygen atoms in total. The first-order chi connectivity index (χ1) is 11.2. The lowest BCUT2D eigenvalue weighted by Crippen LogP contribution is -2.45. The molecule has 0 bridgehead atoms. The average molecular weight is 330 g/mol. The highest BCUT2D eigenvalue weighted by molar-refractivity contribution is 6.30. The van der Waals surface area contributed by atoms with E-state index in [2.05, 4.69) is 15.2 Å². The summed E-state index contributed by atoms with van der Waals surface area (Å²) in [5.74, 6) is 1.09. The van der Waals surface area contributed by atoms with Gasteiger partial charge in [-0.05, 0) is 42.7 Å².